The molecule has 0 bridgehead atoms. The molecule has 2 nitrogen and oxygen atoms in total. The molecule has 0 radical (unpaired) electrons. The van der Waals surface area contributed by atoms with Crippen LogP contribution in [-0.4, -0.2) is 12.1 Å². The van der Waals surface area contributed by atoms with Crippen LogP contribution in [0, 0.1) is 0 Å². The number of benzene rings is 1. The maximum atomic E-state index is 5.13. The van der Waals surface area contributed by atoms with Crippen LogP contribution in [0.3, 0.4) is 0 Å². The van der Waals surface area contributed by atoms with Crippen molar-refractivity contribution >= 4 is 26.7 Å². The first kappa shape index (κ1) is 8.51. The molecule has 13 heavy (non-hydrogen) atoms. The van der Waals surface area contributed by atoms with Crippen molar-refractivity contribution in [3.63, 3.8) is 0 Å². The number of hydrogen-bond acceptors (Lipinski definition) is 2. The van der Waals surface area contributed by atoms with E-state index in [9.17, 15) is 0 Å². The summed E-state index contributed by atoms with van der Waals surface area (Å²) in [4.78, 5) is 4.14. The third-order valence-corrected chi connectivity index (χ3v) is 2.56. The summed E-state index contributed by atoms with van der Waals surface area (Å²) in [6, 6.07) is 7.89. The van der Waals surface area contributed by atoms with E-state index in [-0.39, 0.29) is 0 Å². The summed E-state index contributed by atoms with van der Waals surface area (Å²) in [7, 11) is 1.66. The van der Waals surface area contributed by atoms with E-state index < -0.39 is 0 Å². The normalized spacial score (nSPS) is 10.3. The van der Waals surface area contributed by atoms with Crippen molar-refractivity contribution in [2.24, 2.45) is 0 Å². The number of hydrogen-bond donors (Lipinski definition) is 0. The molecule has 1 heterocycles. The molecule has 3 heteroatoms. The van der Waals surface area contributed by atoms with Crippen LogP contribution < -0.4 is 4.74 Å². The minimum atomic E-state index is 0.848. The first-order valence-electron chi connectivity index (χ1n) is 3.89. The van der Waals surface area contributed by atoms with Crippen LogP contribution in [0.1, 0.15) is 0 Å². The highest BCUT2D eigenvalue weighted by molar-refractivity contribution is 9.10. The Labute approximate surface area is 84.7 Å². The lowest BCUT2D eigenvalue weighted by atomic mass is 10.2. The standard InChI is InChI=1S/C10H8BrNO/c1-13-8-3-2-7-4-5-12-10(11)9(7)6-8/h2-6H,1H3. The summed E-state index contributed by atoms with van der Waals surface area (Å²) in [5.74, 6) is 0.848. The second-order valence-electron chi connectivity index (χ2n) is 2.69. The molecule has 66 valence electrons. The molecule has 2 aromatic rings. The van der Waals surface area contributed by atoms with Crippen LogP contribution in [0.25, 0.3) is 10.8 Å². The van der Waals surface area contributed by atoms with Crippen molar-refractivity contribution in [3.05, 3.63) is 35.1 Å². The fourth-order valence-electron chi connectivity index (χ4n) is 1.24. The van der Waals surface area contributed by atoms with Gasteiger partial charge in [-0.15, -0.1) is 0 Å². The van der Waals surface area contributed by atoms with Crippen molar-refractivity contribution in [3.8, 4) is 5.75 Å². The first-order chi connectivity index (χ1) is 6.31. The topological polar surface area (TPSA) is 22.1 Å². The second-order valence-corrected chi connectivity index (χ2v) is 3.44. The van der Waals surface area contributed by atoms with E-state index >= 15 is 0 Å². The molecule has 0 aliphatic carbocycles. The van der Waals surface area contributed by atoms with Crippen LogP contribution >= 0.6 is 15.9 Å². The minimum absolute atomic E-state index is 0.848. The van der Waals surface area contributed by atoms with Gasteiger partial charge in [-0.3, -0.25) is 0 Å². The smallest absolute Gasteiger partial charge is 0.119 e. The largest absolute Gasteiger partial charge is 0.497 e. The highest BCUT2D eigenvalue weighted by atomic mass is 79.9. The van der Waals surface area contributed by atoms with Crippen molar-refractivity contribution < 1.29 is 4.74 Å². The van der Waals surface area contributed by atoms with E-state index in [4.69, 9.17) is 4.74 Å². The quantitative estimate of drug-likeness (QED) is 0.712. The molecule has 0 aliphatic rings. The molecule has 0 saturated carbocycles. The number of aromatic nitrogens is 1. The number of fused-ring (bicyclic) bond motifs is 1. The summed E-state index contributed by atoms with van der Waals surface area (Å²) in [6.45, 7) is 0. The lowest BCUT2D eigenvalue weighted by Crippen LogP contribution is -1.84. The Balaban J connectivity index is 2.74. The Bertz CT molecular complexity index is 442. The molecule has 0 unspecified atom stereocenters. The lowest BCUT2D eigenvalue weighted by Gasteiger charge is -2.02. The summed E-state index contributed by atoms with van der Waals surface area (Å²) in [5.41, 5.74) is 0. The number of methoxy groups -OCH3 is 1. The van der Waals surface area contributed by atoms with Gasteiger partial charge in [-0.1, -0.05) is 6.07 Å². The molecular weight excluding hydrogens is 230 g/mol. The summed E-state index contributed by atoms with van der Waals surface area (Å²) in [6.07, 6.45) is 1.78. The fraction of sp³-hybridized carbons (Fsp3) is 0.100. The molecule has 1 aromatic carbocycles. The van der Waals surface area contributed by atoms with Gasteiger partial charge in [0.2, 0.25) is 0 Å². The van der Waals surface area contributed by atoms with Crippen LogP contribution in [0.4, 0.5) is 0 Å². The van der Waals surface area contributed by atoms with Gasteiger partial charge in [0, 0.05) is 11.6 Å². The first-order valence-corrected chi connectivity index (χ1v) is 4.69. The van der Waals surface area contributed by atoms with Gasteiger partial charge >= 0.3 is 0 Å². The van der Waals surface area contributed by atoms with Crippen molar-refractivity contribution in [1.29, 1.82) is 0 Å². The Kier molecular flexibility index (Phi) is 2.19. The molecule has 0 fully saturated rings. The average molecular weight is 238 g/mol. The molecular formula is C10H8BrNO. The van der Waals surface area contributed by atoms with E-state index in [0.717, 1.165) is 21.1 Å². The average Bonchev–Trinajstić information content (AvgIpc) is 2.18. The number of halogens is 1. The zero-order valence-corrected chi connectivity index (χ0v) is 8.71. The number of rotatable bonds is 1. The minimum Gasteiger partial charge on any atom is -0.497 e. The van der Waals surface area contributed by atoms with Gasteiger partial charge in [0.15, 0.2) is 0 Å². The van der Waals surface area contributed by atoms with E-state index in [1.54, 1.807) is 13.3 Å². The zero-order chi connectivity index (χ0) is 9.26. The van der Waals surface area contributed by atoms with Gasteiger partial charge in [0.25, 0.3) is 0 Å². The van der Waals surface area contributed by atoms with Crippen molar-refractivity contribution in [2.75, 3.05) is 7.11 Å². The van der Waals surface area contributed by atoms with Gasteiger partial charge in [-0.2, -0.15) is 0 Å². The Morgan fingerprint density at radius 3 is 2.92 bits per heavy atom. The summed E-state index contributed by atoms with van der Waals surface area (Å²) < 4.78 is 5.98. The highest BCUT2D eigenvalue weighted by Crippen LogP contribution is 2.25. The number of ether oxygens (including phenoxy) is 1. The molecule has 0 spiro atoms. The summed E-state index contributed by atoms with van der Waals surface area (Å²) >= 11 is 3.39. The molecule has 2 rings (SSSR count). The van der Waals surface area contributed by atoms with Gasteiger partial charge in [-0.25, -0.2) is 4.98 Å². The molecule has 0 aliphatic heterocycles. The third-order valence-electron chi connectivity index (χ3n) is 1.92. The second kappa shape index (κ2) is 3.34. The summed E-state index contributed by atoms with van der Waals surface area (Å²) in [5, 5.41) is 2.23. The molecule has 0 saturated heterocycles. The molecule has 0 atom stereocenters. The maximum absolute atomic E-state index is 5.13. The molecule has 0 N–H and O–H groups in total. The van der Waals surface area contributed by atoms with Crippen molar-refractivity contribution in [2.45, 2.75) is 0 Å². The van der Waals surface area contributed by atoms with Crippen LogP contribution in [0.2, 0.25) is 0 Å². The highest BCUT2D eigenvalue weighted by Gasteiger charge is 2.00. The van der Waals surface area contributed by atoms with Gasteiger partial charge in [0.1, 0.15) is 10.4 Å². The SMILES string of the molecule is COc1ccc2ccnc(Br)c2c1. The molecule has 0 amide bonds. The Morgan fingerprint density at radius 1 is 1.31 bits per heavy atom. The number of nitrogens with zero attached hydrogens (tertiary/aromatic N) is 1. The predicted molar refractivity (Wildman–Crippen MR) is 56.0 cm³/mol. The monoisotopic (exact) mass is 237 g/mol. The van der Waals surface area contributed by atoms with Crippen LogP contribution in [-0.2, 0) is 0 Å². The van der Waals surface area contributed by atoms with Gasteiger partial charge in [0.05, 0.1) is 7.11 Å². The van der Waals surface area contributed by atoms with Gasteiger partial charge in [-0.05, 0) is 39.5 Å². The van der Waals surface area contributed by atoms with Gasteiger partial charge < -0.3 is 4.74 Å². The van der Waals surface area contributed by atoms with Crippen LogP contribution in [0.15, 0.2) is 35.1 Å². The number of pyridine rings is 1. The maximum Gasteiger partial charge on any atom is 0.119 e. The Morgan fingerprint density at radius 2 is 2.15 bits per heavy atom. The third kappa shape index (κ3) is 1.52. The van der Waals surface area contributed by atoms with E-state index in [0.29, 0.717) is 0 Å². The lowest BCUT2D eigenvalue weighted by molar-refractivity contribution is 0.415. The van der Waals surface area contributed by atoms with Crippen molar-refractivity contribution in [1.82, 2.24) is 4.98 Å². The Hall–Kier alpha value is -1.09. The zero-order valence-electron chi connectivity index (χ0n) is 7.12. The van der Waals surface area contributed by atoms with E-state index in [1.807, 2.05) is 24.3 Å². The fourth-order valence-corrected chi connectivity index (χ4v) is 1.70. The molecule has 1 aromatic heterocycles. The van der Waals surface area contributed by atoms with Crippen LogP contribution in [0.5, 0.6) is 5.75 Å². The van der Waals surface area contributed by atoms with E-state index in [2.05, 4.69) is 20.9 Å². The predicted octanol–water partition coefficient (Wildman–Crippen LogP) is 3.01. The van der Waals surface area contributed by atoms with E-state index in [1.165, 1.54) is 0 Å².